The van der Waals surface area contributed by atoms with Gasteiger partial charge < -0.3 is 4.74 Å². The third-order valence-corrected chi connectivity index (χ3v) is 3.52. The van der Waals surface area contributed by atoms with Crippen molar-refractivity contribution in [3.8, 4) is 11.1 Å². The average Bonchev–Trinajstić information content (AvgIpc) is 2.75. The number of ether oxygens (including phenoxy) is 1. The van der Waals surface area contributed by atoms with Gasteiger partial charge in [-0.25, -0.2) is 0 Å². The lowest BCUT2D eigenvalue weighted by Gasteiger charge is -2.11. The third-order valence-electron chi connectivity index (χ3n) is 3.52. The van der Waals surface area contributed by atoms with E-state index in [9.17, 15) is 0 Å². The zero-order valence-electron chi connectivity index (χ0n) is 10.9. The second kappa shape index (κ2) is 4.58. The van der Waals surface area contributed by atoms with Gasteiger partial charge in [0.1, 0.15) is 0 Å². The maximum absolute atomic E-state index is 5.75. The molecule has 1 heteroatoms. The number of hydrogen-bond donors (Lipinski definition) is 0. The predicted octanol–water partition coefficient (Wildman–Crippen LogP) is 4.18. The topological polar surface area (TPSA) is 9.23 Å². The predicted molar refractivity (Wildman–Crippen MR) is 74.6 cm³/mol. The van der Waals surface area contributed by atoms with Gasteiger partial charge in [-0.15, -0.1) is 0 Å². The molecule has 1 aliphatic rings. The molecule has 0 unspecified atom stereocenters. The van der Waals surface area contributed by atoms with Gasteiger partial charge in [0, 0.05) is 0 Å². The first-order valence-corrected chi connectivity index (χ1v) is 6.56. The summed E-state index contributed by atoms with van der Waals surface area (Å²) in [6.45, 7) is 4.88. The summed E-state index contributed by atoms with van der Waals surface area (Å²) in [6.07, 6.45) is 1.33. The fourth-order valence-corrected chi connectivity index (χ4v) is 2.62. The lowest BCUT2D eigenvalue weighted by molar-refractivity contribution is 0.0654. The van der Waals surface area contributed by atoms with Crippen molar-refractivity contribution in [3.05, 3.63) is 59.2 Å². The highest BCUT2D eigenvalue weighted by molar-refractivity contribution is 5.77. The molecule has 0 aliphatic heterocycles. The van der Waals surface area contributed by atoms with Crippen LogP contribution in [0.5, 0.6) is 0 Å². The molecule has 0 bridgehead atoms. The fourth-order valence-electron chi connectivity index (χ4n) is 2.62. The van der Waals surface area contributed by atoms with Gasteiger partial charge >= 0.3 is 0 Å². The molecule has 2 aromatic rings. The fraction of sp³-hybridized carbons (Fsp3) is 0.294. The molecule has 92 valence electrons. The maximum atomic E-state index is 5.75. The second-order valence-corrected chi connectivity index (χ2v) is 5.14. The Morgan fingerprint density at radius 1 is 1.00 bits per heavy atom. The van der Waals surface area contributed by atoms with Gasteiger partial charge in [-0.3, -0.25) is 0 Å². The summed E-state index contributed by atoms with van der Waals surface area (Å²) in [5.41, 5.74) is 6.98. The first kappa shape index (κ1) is 11.5. The largest absolute Gasteiger partial charge is 0.374 e. The minimum absolute atomic E-state index is 0.282. The van der Waals surface area contributed by atoms with Crippen LogP contribution in [0, 0.1) is 0 Å². The van der Waals surface area contributed by atoms with E-state index in [1.165, 1.54) is 27.8 Å². The SMILES string of the molecule is CC(C)OCc1cccc2c1Cc1ccccc1-2. The molecule has 0 aromatic heterocycles. The number of rotatable bonds is 3. The van der Waals surface area contributed by atoms with Gasteiger partial charge in [-0.2, -0.15) is 0 Å². The zero-order valence-corrected chi connectivity index (χ0v) is 10.9. The highest BCUT2D eigenvalue weighted by Crippen LogP contribution is 2.38. The van der Waals surface area contributed by atoms with E-state index in [-0.39, 0.29) is 6.10 Å². The Bertz CT molecular complexity index is 570. The van der Waals surface area contributed by atoms with Crippen molar-refractivity contribution in [1.29, 1.82) is 0 Å². The van der Waals surface area contributed by atoms with Gasteiger partial charge in [0.15, 0.2) is 0 Å². The lowest BCUT2D eigenvalue weighted by Crippen LogP contribution is -2.04. The van der Waals surface area contributed by atoms with Gasteiger partial charge in [-0.05, 0) is 48.1 Å². The van der Waals surface area contributed by atoms with E-state index in [0.29, 0.717) is 0 Å². The van der Waals surface area contributed by atoms with Gasteiger partial charge in [-0.1, -0.05) is 42.5 Å². The molecule has 0 N–H and O–H groups in total. The van der Waals surface area contributed by atoms with E-state index in [2.05, 4.69) is 56.3 Å². The molecule has 18 heavy (non-hydrogen) atoms. The summed E-state index contributed by atoms with van der Waals surface area (Å²) < 4.78 is 5.75. The molecule has 0 spiro atoms. The van der Waals surface area contributed by atoms with Gasteiger partial charge in [0.05, 0.1) is 12.7 Å². The van der Waals surface area contributed by atoms with Crippen molar-refractivity contribution in [1.82, 2.24) is 0 Å². The second-order valence-electron chi connectivity index (χ2n) is 5.14. The van der Waals surface area contributed by atoms with Crippen LogP contribution in [0.15, 0.2) is 42.5 Å². The summed E-state index contributed by atoms with van der Waals surface area (Å²) in [5.74, 6) is 0. The van der Waals surface area contributed by atoms with E-state index in [1.807, 2.05) is 0 Å². The Morgan fingerprint density at radius 3 is 2.61 bits per heavy atom. The number of fused-ring (bicyclic) bond motifs is 3. The van der Waals surface area contributed by atoms with E-state index in [0.717, 1.165) is 13.0 Å². The number of benzene rings is 2. The van der Waals surface area contributed by atoms with Crippen LogP contribution in [0.3, 0.4) is 0 Å². The summed E-state index contributed by atoms with van der Waals surface area (Å²) in [4.78, 5) is 0. The quantitative estimate of drug-likeness (QED) is 0.665. The first-order chi connectivity index (χ1) is 8.75. The van der Waals surface area contributed by atoms with Crippen molar-refractivity contribution < 1.29 is 4.74 Å². The summed E-state index contributed by atoms with van der Waals surface area (Å²) in [6, 6.07) is 15.2. The van der Waals surface area contributed by atoms with Crippen LogP contribution in [0.4, 0.5) is 0 Å². The van der Waals surface area contributed by atoms with Crippen LogP contribution in [-0.2, 0) is 17.8 Å². The van der Waals surface area contributed by atoms with Crippen molar-refractivity contribution in [3.63, 3.8) is 0 Å². The van der Waals surface area contributed by atoms with Crippen LogP contribution < -0.4 is 0 Å². The minimum atomic E-state index is 0.282. The maximum Gasteiger partial charge on any atom is 0.0723 e. The van der Waals surface area contributed by atoms with E-state index >= 15 is 0 Å². The van der Waals surface area contributed by atoms with E-state index < -0.39 is 0 Å². The summed E-state index contributed by atoms with van der Waals surface area (Å²) in [5, 5.41) is 0. The van der Waals surface area contributed by atoms with Crippen LogP contribution >= 0.6 is 0 Å². The zero-order chi connectivity index (χ0) is 12.5. The van der Waals surface area contributed by atoms with Crippen molar-refractivity contribution in [2.45, 2.75) is 33.0 Å². The highest BCUT2D eigenvalue weighted by atomic mass is 16.5. The molecule has 0 amide bonds. The van der Waals surface area contributed by atoms with Crippen LogP contribution in [-0.4, -0.2) is 6.10 Å². The van der Waals surface area contributed by atoms with Crippen molar-refractivity contribution >= 4 is 0 Å². The van der Waals surface area contributed by atoms with E-state index in [4.69, 9.17) is 4.74 Å². The normalized spacial score (nSPS) is 12.6. The molecule has 3 rings (SSSR count). The Hall–Kier alpha value is -1.60. The molecule has 1 aliphatic carbocycles. The van der Waals surface area contributed by atoms with Gasteiger partial charge in [0.25, 0.3) is 0 Å². The molecule has 0 atom stereocenters. The van der Waals surface area contributed by atoms with Gasteiger partial charge in [0.2, 0.25) is 0 Å². The molecule has 0 fully saturated rings. The van der Waals surface area contributed by atoms with Crippen molar-refractivity contribution in [2.75, 3.05) is 0 Å². The Balaban J connectivity index is 1.98. The summed E-state index contributed by atoms with van der Waals surface area (Å²) in [7, 11) is 0. The van der Waals surface area contributed by atoms with E-state index in [1.54, 1.807) is 0 Å². The average molecular weight is 238 g/mol. The standard InChI is InChI=1S/C17H18O/c1-12(2)18-11-14-7-5-9-16-15-8-4-3-6-13(15)10-17(14)16/h3-9,12H,10-11H2,1-2H3. The summed E-state index contributed by atoms with van der Waals surface area (Å²) >= 11 is 0. The highest BCUT2D eigenvalue weighted by Gasteiger charge is 2.20. The molecule has 2 aromatic carbocycles. The molecule has 0 saturated heterocycles. The first-order valence-electron chi connectivity index (χ1n) is 6.56. The molecule has 1 nitrogen and oxygen atoms in total. The van der Waals surface area contributed by atoms with Crippen LogP contribution in [0.25, 0.3) is 11.1 Å². The lowest BCUT2D eigenvalue weighted by atomic mass is 10.0. The Kier molecular flexibility index (Phi) is 2.92. The Morgan fingerprint density at radius 2 is 1.78 bits per heavy atom. The molecule has 0 heterocycles. The smallest absolute Gasteiger partial charge is 0.0723 e. The molecular formula is C17H18O. The van der Waals surface area contributed by atoms with Crippen molar-refractivity contribution in [2.24, 2.45) is 0 Å². The number of hydrogen-bond acceptors (Lipinski definition) is 1. The monoisotopic (exact) mass is 238 g/mol. The third kappa shape index (κ3) is 1.95. The molecule has 0 radical (unpaired) electrons. The molecule has 0 saturated carbocycles. The minimum Gasteiger partial charge on any atom is -0.374 e. The molecular weight excluding hydrogens is 220 g/mol. The van der Waals surface area contributed by atoms with Crippen LogP contribution in [0.2, 0.25) is 0 Å². The Labute approximate surface area is 108 Å². The van der Waals surface area contributed by atoms with Crippen LogP contribution in [0.1, 0.15) is 30.5 Å².